The van der Waals surface area contributed by atoms with Gasteiger partial charge in [-0.05, 0) is 86.5 Å². The fourth-order valence-corrected chi connectivity index (χ4v) is 7.04. The lowest BCUT2D eigenvalue weighted by molar-refractivity contribution is -0.0133. The van der Waals surface area contributed by atoms with Gasteiger partial charge in [-0.25, -0.2) is 0 Å². The SMILES string of the molecule is CC(C)CCCC(C)CCCC(C)CCNCCNC1C2CC3CC(C2)CC1C3.Cl.Cl. The minimum absolute atomic E-state index is 0. The summed E-state index contributed by atoms with van der Waals surface area (Å²) >= 11 is 0. The minimum atomic E-state index is 0. The molecule has 4 aliphatic carbocycles. The molecular formula is C27H54Cl2N2. The van der Waals surface area contributed by atoms with E-state index >= 15 is 0 Å². The van der Waals surface area contributed by atoms with Crippen LogP contribution in [-0.4, -0.2) is 25.7 Å². The molecule has 0 amide bonds. The Kier molecular flexibility index (Phi) is 14.7. The molecule has 4 fully saturated rings. The number of halogens is 2. The maximum Gasteiger partial charge on any atom is 0.0124 e. The standard InChI is InChI=1S/C27H52N2.2ClH/c1-20(2)7-5-8-21(3)9-6-10-22(4)11-12-28-13-14-29-27-25-16-23-15-24(18-25)19-26(27)17-23;;/h20-29H,5-19H2,1-4H3;2*1H. The Morgan fingerprint density at radius 1 is 0.613 bits per heavy atom. The molecule has 4 rings (SSSR count). The lowest BCUT2D eigenvalue weighted by Crippen LogP contribution is -2.55. The Morgan fingerprint density at radius 2 is 1.13 bits per heavy atom. The van der Waals surface area contributed by atoms with Gasteiger partial charge < -0.3 is 10.6 Å². The van der Waals surface area contributed by atoms with Crippen molar-refractivity contribution in [1.29, 1.82) is 0 Å². The van der Waals surface area contributed by atoms with Crippen LogP contribution < -0.4 is 10.6 Å². The summed E-state index contributed by atoms with van der Waals surface area (Å²) in [5.41, 5.74) is 0. The van der Waals surface area contributed by atoms with Gasteiger partial charge in [0.1, 0.15) is 0 Å². The molecule has 4 saturated carbocycles. The van der Waals surface area contributed by atoms with E-state index < -0.39 is 0 Å². The first-order valence-corrected chi connectivity index (χ1v) is 13.4. The molecule has 0 saturated heterocycles. The number of rotatable bonds is 15. The molecule has 0 radical (unpaired) electrons. The van der Waals surface area contributed by atoms with Crippen LogP contribution in [0.3, 0.4) is 0 Å². The summed E-state index contributed by atoms with van der Waals surface area (Å²) in [6.45, 7) is 13.1. The van der Waals surface area contributed by atoms with Gasteiger partial charge in [0.05, 0.1) is 0 Å². The molecule has 0 spiro atoms. The summed E-state index contributed by atoms with van der Waals surface area (Å²) in [6, 6.07) is 0.853. The van der Waals surface area contributed by atoms with Crippen molar-refractivity contribution < 1.29 is 0 Å². The molecule has 31 heavy (non-hydrogen) atoms. The molecule has 0 aromatic rings. The fraction of sp³-hybridized carbons (Fsp3) is 1.00. The summed E-state index contributed by atoms with van der Waals surface area (Å²) in [4.78, 5) is 0. The van der Waals surface area contributed by atoms with Crippen LogP contribution in [0.4, 0.5) is 0 Å². The smallest absolute Gasteiger partial charge is 0.0124 e. The third-order valence-corrected chi connectivity index (χ3v) is 8.59. The van der Waals surface area contributed by atoms with Gasteiger partial charge in [0.2, 0.25) is 0 Å². The Balaban J connectivity index is 0.00000240. The molecule has 4 bridgehead atoms. The zero-order valence-corrected chi connectivity index (χ0v) is 22.7. The van der Waals surface area contributed by atoms with Gasteiger partial charge in [-0.3, -0.25) is 0 Å². The summed E-state index contributed by atoms with van der Waals surface area (Å²) in [7, 11) is 0. The van der Waals surface area contributed by atoms with E-state index in [-0.39, 0.29) is 24.8 Å². The van der Waals surface area contributed by atoms with Crippen molar-refractivity contribution in [2.45, 2.75) is 111 Å². The van der Waals surface area contributed by atoms with E-state index in [1.807, 2.05) is 0 Å². The molecular weight excluding hydrogens is 423 g/mol. The largest absolute Gasteiger partial charge is 0.315 e. The van der Waals surface area contributed by atoms with Crippen LogP contribution in [0.15, 0.2) is 0 Å². The fourth-order valence-electron chi connectivity index (χ4n) is 7.04. The minimum Gasteiger partial charge on any atom is -0.315 e. The van der Waals surface area contributed by atoms with E-state index in [1.165, 1.54) is 83.7 Å². The van der Waals surface area contributed by atoms with Gasteiger partial charge in [-0.2, -0.15) is 0 Å². The van der Waals surface area contributed by atoms with Crippen molar-refractivity contribution in [1.82, 2.24) is 10.6 Å². The second kappa shape index (κ2) is 15.4. The van der Waals surface area contributed by atoms with Crippen molar-refractivity contribution >= 4 is 24.8 Å². The molecule has 2 N–H and O–H groups in total. The monoisotopic (exact) mass is 476 g/mol. The first kappa shape index (κ1) is 29.5. The summed E-state index contributed by atoms with van der Waals surface area (Å²) < 4.78 is 0. The maximum atomic E-state index is 3.96. The third-order valence-electron chi connectivity index (χ3n) is 8.59. The average Bonchev–Trinajstić information content (AvgIpc) is 2.65. The number of hydrogen-bond donors (Lipinski definition) is 2. The third kappa shape index (κ3) is 10.1. The molecule has 4 aliphatic rings. The van der Waals surface area contributed by atoms with E-state index in [9.17, 15) is 0 Å². The van der Waals surface area contributed by atoms with E-state index in [0.717, 1.165) is 54.0 Å². The zero-order chi connectivity index (χ0) is 20.6. The van der Waals surface area contributed by atoms with Crippen LogP contribution in [0, 0.1) is 41.4 Å². The zero-order valence-electron chi connectivity index (χ0n) is 21.0. The lowest BCUT2D eigenvalue weighted by atomic mass is 9.54. The Bertz CT molecular complexity index is 429. The second-order valence-electron chi connectivity index (χ2n) is 11.9. The first-order valence-electron chi connectivity index (χ1n) is 13.4. The van der Waals surface area contributed by atoms with Gasteiger partial charge in [-0.15, -0.1) is 24.8 Å². The summed E-state index contributed by atoms with van der Waals surface area (Å²) in [5, 5.41) is 7.67. The Hall–Kier alpha value is 0.500. The Morgan fingerprint density at radius 3 is 1.68 bits per heavy atom. The highest BCUT2D eigenvalue weighted by atomic mass is 35.5. The van der Waals surface area contributed by atoms with Crippen molar-refractivity contribution in [3.8, 4) is 0 Å². The first-order chi connectivity index (χ1) is 14.0. The van der Waals surface area contributed by atoms with Crippen LogP contribution in [0.5, 0.6) is 0 Å². The Labute approximate surface area is 207 Å². The van der Waals surface area contributed by atoms with Gasteiger partial charge >= 0.3 is 0 Å². The molecule has 4 heteroatoms. The van der Waals surface area contributed by atoms with Crippen LogP contribution >= 0.6 is 24.8 Å². The molecule has 0 aromatic carbocycles. The maximum absolute atomic E-state index is 3.96. The van der Waals surface area contributed by atoms with Gasteiger partial charge in [0.25, 0.3) is 0 Å². The molecule has 0 aliphatic heterocycles. The predicted molar refractivity (Wildman–Crippen MR) is 142 cm³/mol. The van der Waals surface area contributed by atoms with Crippen LogP contribution in [0.1, 0.15) is 105 Å². The number of hydrogen-bond acceptors (Lipinski definition) is 2. The van der Waals surface area contributed by atoms with Crippen LogP contribution in [0.2, 0.25) is 0 Å². The van der Waals surface area contributed by atoms with Crippen molar-refractivity contribution in [3.63, 3.8) is 0 Å². The quantitative estimate of drug-likeness (QED) is 0.239. The molecule has 0 heterocycles. The van der Waals surface area contributed by atoms with E-state index in [1.54, 1.807) is 6.42 Å². The second-order valence-corrected chi connectivity index (χ2v) is 11.9. The van der Waals surface area contributed by atoms with Gasteiger partial charge in [0, 0.05) is 19.1 Å². The summed E-state index contributed by atoms with van der Waals surface area (Å²) in [5.74, 6) is 6.89. The van der Waals surface area contributed by atoms with Crippen LogP contribution in [-0.2, 0) is 0 Å². The molecule has 2 nitrogen and oxygen atoms in total. The predicted octanol–water partition coefficient (Wildman–Crippen LogP) is 7.49. The summed E-state index contributed by atoms with van der Waals surface area (Å²) in [6.07, 6.45) is 17.6. The van der Waals surface area contributed by atoms with Crippen molar-refractivity contribution in [3.05, 3.63) is 0 Å². The molecule has 186 valence electrons. The highest BCUT2D eigenvalue weighted by Gasteiger charge is 2.47. The van der Waals surface area contributed by atoms with E-state index in [2.05, 4.69) is 38.3 Å². The van der Waals surface area contributed by atoms with Crippen molar-refractivity contribution in [2.75, 3.05) is 19.6 Å². The lowest BCUT2D eigenvalue weighted by Gasteiger charge is -2.54. The van der Waals surface area contributed by atoms with E-state index in [4.69, 9.17) is 0 Å². The van der Waals surface area contributed by atoms with Crippen molar-refractivity contribution in [2.24, 2.45) is 41.4 Å². The topological polar surface area (TPSA) is 24.1 Å². The number of nitrogens with one attached hydrogen (secondary N) is 2. The van der Waals surface area contributed by atoms with Crippen LogP contribution in [0.25, 0.3) is 0 Å². The highest BCUT2D eigenvalue weighted by Crippen LogP contribution is 2.53. The molecule has 0 aromatic heterocycles. The average molecular weight is 478 g/mol. The highest BCUT2D eigenvalue weighted by molar-refractivity contribution is 5.85. The van der Waals surface area contributed by atoms with E-state index in [0.29, 0.717) is 0 Å². The van der Waals surface area contributed by atoms with Gasteiger partial charge in [0.15, 0.2) is 0 Å². The normalized spacial score (nSPS) is 30.7. The van der Waals surface area contributed by atoms with Gasteiger partial charge in [-0.1, -0.05) is 66.2 Å². The molecule has 2 atom stereocenters. The molecule has 2 unspecified atom stereocenters.